The summed E-state index contributed by atoms with van der Waals surface area (Å²) in [6.07, 6.45) is -0.142. The molecule has 0 saturated carbocycles. The van der Waals surface area contributed by atoms with Crippen LogP contribution in [0, 0.1) is 12.8 Å². The average molecular weight is 261 g/mol. The van der Waals surface area contributed by atoms with E-state index < -0.39 is 23.7 Å². The van der Waals surface area contributed by atoms with Gasteiger partial charge in [-0.3, -0.25) is 20.0 Å². The topological polar surface area (TPSA) is 89.5 Å². The van der Waals surface area contributed by atoms with Crippen molar-refractivity contribution in [3.8, 4) is 0 Å². The van der Waals surface area contributed by atoms with E-state index in [4.69, 9.17) is 0 Å². The summed E-state index contributed by atoms with van der Waals surface area (Å²) in [5.41, 5.74) is 3.66. The number of rotatable bonds is 3. The summed E-state index contributed by atoms with van der Waals surface area (Å²) in [6, 6.07) is 6.95. The zero-order chi connectivity index (χ0) is 14.0. The molecule has 0 spiro atoms. The highest BCUT2D eigenvalue weighted by Gasteiger charge is 2.31. The first kappa shape index (κ1) is 13.1. The fraction of sp³-hybridized carbons (Fsp3) is 0.308. The number of carboxylic acids is 1. The number of hydrogen-bond acceptors (Lipinski definition) is 4. The number of carbonyl (C=O) groups excluding carboxylic acids is 3. The predicted octanol–water partition coefficient (Wildman–Crippen LogP) is -0.762. The van der Waals surface area contributed by atoms with Gasteiger partial charge >= 0.3 is 0 Å². The van der Waals surface area contributed by atoms with Crippen LogP contribution in [0.4, 0.5) is 0 Å². The minimum absolute atomic E-state index is 0.0568. The molecule has 19 heavy (non-hydrogen) atoms. The Morgan fingerprint density at radius 3 is 2.63 bits per heavy atom. The number of aliphatic carboxylic acids is 1. The number of carbonyl (C=O) groups is 3. The standard InChI is InChI=1S/C13H14N2O4/c1-8-4-2-3-5-10(8)12(17)14-15-7-9(13(18)19)6-11(15)16/h2-5,9H,6-7H2,1H3,(H,14,17)(H,18,19)/p-1/t9-/m1/s1. The van der Waals surface area contributed by atoms with Crippen molar-refractivity contribution in [2.75, 3.05) is 6.54 Å². The molecule has 1 saturated heterocycles. The van der Waals surface area contributed by atoms with Gasteiger partial charge in [0.05, 0.1) is 6.54 Å². The van der Waals surface area contributed by atoms with Gasteiger partial charge in [-0.05, 0) is 18.6 Å². The normalized spacial score (nSPS) is 18.5. The first-order chi connectivity index (χ1) is 8.99. The number of hydrazine groups is 1. The SMILES string of the molecule is Cc1ccccc1C(=O)NN1C[C@H](C(=O)[O-])CC1=O. The minimum Gasteiger partial charge on any atom is -0.550 e. The van der Waals surface area contributed by atoms with Gasteiger partial charge in [-0.15, -0.1) is 0 Å². The van der Waals surface area contributed by atoms with Crippen LogP contribution in [0.1, 0.15) is 22.3 Å². The molecule has 1 atom stereocenters. The molecule has 6 heteroatoms. The number of nitrogens with one attached hydrogen (secondary N) is 1. The van der Waals surface area contributed by atoms with Crippen molar-refractivity contribution in [1.82, 2.24) is 10.4 Å². The largest absolute Gasteiger partial charge is 0.550 e. The van der Waals surface area contributed by atoms with Crippen molar-refractivity contribution in [1.29, 1.82) is 0 Å². The zero-order valence-electron chi connectivity index (χ0n) is 10.4. The van der Waals surface area contributed by atoms with E-state index in [1.165, 1.54) is 0 Å². The fourth-order valence-corrected chi connectivity index (χ4v) is 1.98. The van der Waals surface area contributed by atoms with Gasteiger partial charge in [-0.1, -0.05) is 18.2 Å². The van der Waals surface area contributed by atoms with Crippen LogP contribution < -0.4 is 10.5 Å². The van der Waals surface area contributed by atoms with Gasteiger partial charge in [-0.25, -0.2) is 0 Å². The van der Waals surface area contributed by atoms with Gasteiger partial charge in [0.25, 0.3) is 5.91 Å². The first-order valence-electron chi connectivity index (χ1n) is 5.87. The molecule has 0 aromatic heterocycles. The Hall–Kier alpha value is -2.37. The average Bonchev–Trinajstić information content (AvgIpc) is 2.71. The van der Waals surface area contributed by atoms with E-state index in [-0.39, 0.29) is 13.0 Å². The summed E-state index contributed by atoms with van der Waals surface area (Å²) in [7, 11) is 0. The third-order valence-electron chi connectivity index (χ3n) is 3.08. The molecular weight excluding hydrogens is 248 g/mol. The van der Waals surface area contributed by atoms with Crippen LogP contribution >= 0.6 is 0 Å². The number of nitrogens with zero attached hydrogens (tertiary/aromatic N) is 1. The maximum absolute atomic E-state index is 12.0. The second-order valence-corrected chi connectivity index (χ2v) is 4.48. The first-order valence-corrected chi connectivity index (χ1v) is 5.87. The Balaban J connectivity index is 2.06. The zero-order valence-corrected chi connectivity index (χ0v) is 10.4. The second-order valence-electron chi connectivity index (χ2n) is 4.48. The van der Waals surface area contributed by atoms with Crippen LogP contribution in [0.5, 0.6) is 0 Å². The summed E-state index contributed by atoms with van der Waals surface area (Å²) in [6.45, 7) is 1.73. The molecule has 1 heterocycles. The van der Waals surface area contributed by atoms with Crippen LogP contribution in [0.2, 0.25) is 0 Å². The molecule has 0 unspecified atom stereocenters. The minimum atomic E-state index is -1.28. The second kappa shape index (κ2) is 5.09. The van der Waals surface area contributed by atoms with Crippen molar-refractivity contribution in [2.24, 2.45) is 5.92 Å². The number of amides is 2. The summed E-state index contributed by atoms with van der Waals surface area (Å²) < 4.78 is 0. The van der Waals surface area contributed by atoms with Crippen LogP contribution in [0.15, 0.2) is 24.3 Å². The van der Waals surface area contributed by atoms with Gasteiger partial charge in [0, 0.05) is 23.9 Å². The number of carboxylic acid groups (broad SMARTS) is 1. The molecule has 2 amide bonds. The lowest BCUT2D eigenvalue weighted by atomic mass is 10.1. The highest BCUT2D eigenvalue weighted by molar-refractivity contribution is 5.97. The van der Waals surface area contributed by atoms with E-state index in [1.54, 1.807) is 31.2 Å². The van der Waals surface area contributed by atoms with E-state index >= 15 is 0 Å². The third-order valence-corrected chi connectivity index (χ3v) is 3.08. The third kappa shape index (κ3) is 2.73. The Labute approximate surface area is 110 Å². The van der Waals surface area contributed by atoms with Crippen molar-refractivity contribution in [2.45, 2.75) is 13.3 Å². The molecule has 1 aromatic rings. The molecule has 1 aromatic carbocycles. The molecular formula is C13H13N2O4-. The molecule has 0 aliphatic carbocycles. The molecule has 6 nitrogen and oxygen atoms in total. The molecule has 1 aliphatic rings. The lowest BCUT2D eigenvalue weighted by Gasteiger charge is -2.18. The van der Waals surface area contributed by atoms with Crippen LogP contribution in [-0.2, 0) is 9.59 Å². The maximum Gasteiger partial charge on any atom is 0.270 e. The highest BCUT2D eigenvalue weighted by atomic mass is 16.4. The van der Waals surface area contributed by atoms with Crippen molar-refractivity contribution < 1.29 is 19.5 Å². The van der Waals surface area contributed by atoms with E-state index in [0.717, 1.165) is 10.6 Å². The molecule has 1 fully saturated rings. The Morgan fingerprint density at radius 2 is 2.05 bits per heavy atom. The molecule has 1 aliphatic heterocycles. The quantitative estimate of drug-likeness (QED) is 0.774. The van der Waals surface area contributed by atoms with Crippen LogP contribution in [0.25, 0.3) is 0 Å². The lowest BCUT2D eigenvalue weighted by molar-refractivity contribution is -0.311. The van der Waals surface area contributed by atoms with E-state index in [2.05, 4.69) is 5.43 Å². The molecule has 0 radical (unpaired) electrons. The summed E-state index contributed by atoms with van der Waals surface area (Å²) in [4.78, 5) is 34.2. The Morgan fingerprint density at radius 1 is 1.37 bits per heavy atom. The van der Waals surface area contributed by atoms with Crippen LogP contribution in [0.3, 0.4) is 0 Å². The van der Waals surface area contributed by atoms with Gasteiger partial charge in [-0.2, -0.15) is 0 Å². The van der Waals surface area contributed by atoms with Crippen LogP contribution in [-0.4, -0.2) is 29.3 Å². The number of aryl methyl sites for hydroxylation is 1. The molecule has 100 valence electrons. The molecule has 0 bridgehead atoms. The van der Waals surface area contributed by atoms with Crippen molar-refractivity contribution in [3.63, 3.8) is 0 Å². The van der Waals surface area contributed by atoms with E-state index in [0.29, 0.717) is 5.56 Å². The van der Waals surface area contributed by atoms with Gasteiger partial charge in [0.15, 0.2) is 0 Å². The summed E-state index contributed by atoms with van der Waals surface area (Å²) >= 11 is 0. The van der Waals surface area contributed by atoms with E-state index in [9.17, 15) is 19.5 Å². The summed E-state index contributed by atoms with van der Waals surface area (Å²) in [5.74, 6) is -2.99. The molecule has 2 rings (SSSR count). The molecule has 1 N–H and O–H groups in total. The van der Waals surface area contributed by atoms with Gasteiger partial charge < -0.3 is 9.90 Å². The number of benzene rings is 1. The van der Waals surface area contributed by atoms with Crippen molar-refractivity contribution in [3.05, 3.63) is 35.4 Å². The maximum atomic E-state index is 12.0. The summed E-state index contributed by atoms with van der Waals surface area (Å²) in [5, 5.41) is 11.7. The Kier molecular flexibility index (Phi) is 3.50. The smallest absolute Gasteiger partial charge is 0.270 e. The predicted molar refractivity (Wildman–Crippen MR) is 63.5 cm³/mol. The number of hydrogen-bond donors (Lipinski definition) is 1. The Bertz CT molecular complexity index is 541. The van der Waals surface area contributed by atoms with Gasteiger partial charge in [0.1, 0.15) is 0 Å². The van der Waals surface area contributed by atoms with E-state index in [1.807, 2.05) is 0 Å². The lowest BCUT2D eigenvalue weighted by Crippen LogP contribution is -2.44. The monoisotopic (exact) mass is 261 g/mol. The van der Waals surface area contributed by atoms with Crippen molar-refractivity contribution >= 4 is 17.8 Å². The highest BCUT2D eigenvalue weighted by Crippen LogP contribution is 2.16. The fourth-order valence-electron chi connectivity index (χ4n) is 1.98. The van der Waals surface area contributed by atoms with Gasteiger partial charge in [0.2, 0.25) is 5.91 Å².